The second kappa shape index (κ2) is 7.31. The minimum absolute atomic E-state index is 0.325. The number of rotatable bonds is 6. The van der Waals surface area contributed by atoms with Gasteiger partial charge in [-0.25, -0.2) is 9.59 Å². The molecule has 0 spiro atoms. The zero-order valence-corrected chi connectivity index (χ0v) is 13.3. The van der Waals surface area contributed by atoms with Crippen molar-refractivity contribution in [1.82, 2.24) is 10.2 Å². The van der Waals surface area contributed by atoms with E-state index in [9.17, 15) is 14.7 Å². The quantitative estimate of drug-likeness (QED) is 0.848. The van der Waals surface area contributed by atoms with Crippen molar-refractivity contribution in [1.29, 1.82) is 0 Å². The second-order valence-electron chi connectivity index (χ2n) is 5.22. The van der Waals surface area contributed by atoms with Crippen molar-refractivity contribution in [2.75, 3.05) is 13.1 Å². The van der Waals surface area contributed by atoms with E-state index in [1.165, 1.54) is 18.7 Å². The van der Waals surface area contributed by atoms with Crippen LogP contribution in [0.1, 0.15) is 26.3 Å². The number of aliphatic carboxylic acids is 1. The molecule has 2 N–H and O–H groups in total. The number of carbonyl (C=O) groups excluding carboxylic acids is 1. The Kier molecular flexibility index (Phi) is 6.03. The molecule has 2 amide bonds. The Morgan fingerprint density at radius 2 is 1.86 bits per heavy atom. The van der Waals surface area contributed by atoms with E-state index in [1.807, 2.05) is 12.1 Å². The third-order valence-corrected chi connectivity index (χ3v) is 3.61. The van der Waals surface area contributed by atoms with Crippen LogP contribution in [0.3, 0.4) is 0 Å². The standard InChI is InChI=1S/C15H21ClN2O3/c1-4-18(15(2,3)13(19)20)14(21)17-10-9-11-5-7-12(16)8-6-11/h5-8H,4,9-10H2,1-3H3,(H,17,21)(H,19,20). The van der Waals surface area contributed by atoms with Crippen LogP contribution >= 0.6 is 11.6 Å². The number of carbonyl (C=O) groups is 2. The highest BCUT2D eigenvalue weighted by Gasteiger charge is 2.36. The Morgan fingerprint density at radius 3 is 2.33 bits per heavy atom. The summed E-state index contributed by atoms with van der Waals surface area (Å²) in [5, 5.41) is 12.6. The van der Waals surface area contributed by atoms with Crippen LogP contribution in [0.4, 0.5) is 4.79 Å². The van der Waals surface area contributed by atoms with E-state index in [0.29, 0.717) is 24.5 Å². The fourth-order valence-corrected chi connectivity index (χ4v) is 2.09. The van der Waals surface area contributed by atoms with Crippen LogP contribution in [-0.2, 0) is 11.2 Å². The third kappa shape index (κ3) is 4.63. The van der Waals surface area contributed by atoms with Crippen LogP contribution in [0.2, 0.25) is 5.02 Å². The number of hydrogen-bond donors (Lipinski definition) is 2. The fraction of sp³-hybridized carbons (Fsp3) is 0.467. The molecule has 0 fully saturated rings. The van der Waals surface area contributed by atoms with Crippen molar-refractivity contribution in [3.63, 3.8) is 0 Å². The van der Waals surface area contributed by atoms with Crippen molar-refractivity contribution in [3.8, 4) is 0 Å². The van der Waals surface area contributed by atoms with Gasteiger partial charge in [0.2, 0.25) is 0 Å². The molecule has 0 radical (unpaired) electrons. The van der Waals surface area contributed by atoms with E-state index in [1.54, 1.807) is 19.1 Å². The molecule has 0 aliphatic rings. The van der Waals surface area contributed by atoms with Crippen molar-refractivity contribution in [2.24, 2.45) is 0 Å². The van der Waals surface area contributed by atoms with Gasteiger partial charge in [0, 0.05) is 18.1 Å². The predicted molar refractivity (Wildman–Crippen MR) is 82.6 cm³/mol. The molecule has 0 bridgehead atoms. The molecule has 5 nitrogen and oxygen atoms in total. The average Bonchev–Trinajstić information content (AvgIpc) is 2.41. The van der Waals surface area contributed by atoms with Crippen LogP contribution < -0.4 is 5.32 Å². The number of carboxylic acids is 1. The molecule has 0 saturated carbocycles. The average molecular weight is 313 g/mol. The molecular weight excluding hydrogens is 292 g/mol. The Hall–Kier alpha value is -1.75. The first-order valence-electron chi connectivity index (χ1n) is 6.82. The summed E-state index contributed by atoms with van der Waals surface area (Å²) in [6.07, 6.45) is 0.661. The predicted octanol–water partition coefficient (Wildman–Crippen LogP) is 2.78. The van der Waals surface area contributed by atoms with Crippen molar-refractivity contribution in [2.45, 2.75) is 32.7 Å². The van der Waals surface area contributed by atoms with Gasteiger partial charge in [-0.05, 0) is 44.9 Å². The number of amides is 2. The van der Waals surface area contributed by atoms with Gasteiger partial charge >= 0.3 is 12.0 Å². The molecule has 0 heterocycles. The number of nitrogens with one attached hydrogen (secondary N) is 1. The minimum Gasteiger partial charge on any atom is -0.480 e. The molecule has 1 rings (SSSR count). The SMILES string of the molecule is CCN(C(=O)NCCc1ccc(Cl)cc1)C(C)(C)C(=O)O. The smallest absolute Gasteiger partial charge is 0.329 e. The Labute approximate surface area is 129 Å². The number of urea groups is 1. The van der Waals surface area contributed by atoms with Crippen molar-refractivity contribution in [3.05, 3.63) is 34.9 Å². The summed E-state index contributed by atoms with van der Waals surface area (Å²) in [7, 11) is 0. The van der Waals surface area contributed by atoms with Gasteiger partial charge in [-0.2, -0.15) is 0 Å². The van der Waals surface area contributed by atoms with Crippen LogP contribution in [0, 0.1) is 0 Å². The van der Waals surface area contributed by atoms with Gasteiger partial charge in [-0.3, -0.25) is 0 Å². The number of likely N-dealkylation sites (N-methyl/N-ethyl adjacent to an activating group) is 1. The summed E-state index contributed by atoms with van der Waals surface area (Å²) in [6, 6.07) is 7.01. The van der Waals surface area contributed by atoms with Crippen LogP contribution in [0.15, 0.2) is 24.3 Å². The molecule has 0 unspecified atom stereocenters. The Morgan fingerprint density at radius 1 is 1.29 bits per heavy atom. The molecule has 6 heteroatoms. The lowest BCUT2D eigenvalue weighted by Gasteiger charge is -2.34. The number of carboxylic acid groups (broad SMARTS) is 1. The molecule has 0 aromatic heterocycles. The van der Waals surface area contributed by atoms with Gasteiger partial charge in [-0.15, -0.1) is 0 Å². The molecule has 1 aromatic carbocycles. The molecular formula is C15H21ClN2O3. The summed E-state index contributed by atoms with van der Waals surface area (Å²) in [4.78, 5) is 24.6. The second-order valence-corrected chi connectivity index (χ2v) is 5.65. The van der Waals surface area contributed by atoms with Gasteiger partial charge < -0.3 is 15.3 Å². The number of hydrogen-bond acceptors (Lipinski definition) is 2. The topological polar surface area (TPSA) is 69.6 Å². The van der Waals surface area contributed by atoms with Crippen LogP contribution in [0.25, 0.3) is 0 Å². The lowest BCUT2D eigenvalue weighted by Crippen LogP contribution is -2.56. The highest BCUT2D eigenvalue weighted by Crippen LogP contribution is 2.14. The maximum Gasteiger partial charge on any atom is 0.329 e. The van der Waals surface area contributed by atoms with E-state index in [2.05, 4.69) is 5.32 Å². The zero-order valence-electron chi connectivity index (χ0n) is 12.5. The molecule has 21 heavy (non-hydrogen) atoms. The summed E-state index contributed by atoms with van der Waals surface area (Å²) < 4.78 is 0. The molecule has 0 aliphatic carbocycles. The van der Waals surface area contributed by atoms with Gasteiger partial charge in [-0.1, -0.05) is 23.7 Å². The number of nitrogens with zero attached hydrogens (tertiary/aromatic N) is 1. The summed E-state index contributed by atoms with van der Waals surface area (Å²) in [5.41, 5.74) is -0.181. The molecule has 116 valence electrons. The highest BCUT2D eigenvalue weighted by atomic mass is 35.5. The van der Waals surface area contributed by atoms with Crippen molar-refractivity contribution >= 4 is 23.6 Å². The lowest BCUT2D eigenvalue weighted by molar-refractivity contribution is -0.147. The van der Waals surface area contributed by atoms with E-state index in [-0.39, 0.29) is 6.03 Å². The maximum absolute atomic E-state index is 12.1. The van der Waals surface area contributed by atoms with Crippen LogP contribution in [0.5, 0.6) is 0 Å². The maximum atomic E-state index is 12.1. The lowest BCUT2D eigenvalue weighted by atomic mass is 10.0. The van der Waals surface area contributed by atoms with Gasteiger partial charge in [0.1, 0.15) is 5.54 Å². The molecule has 0 saturated heterocycles. The highest BCUT2D eigenvalue weighted by molar-refractivity contribution is 6.30. The van der Waals surface area contributed by atoms with E-state index >= 15 is 0 Å². The Bertz CT molecular complexity index is 500. The van der Waals surface area contributed by atoms with Gasteiger partial charge in [0.25, 0.3) is 0 Å². The summed E-state index contributed by atoms with van der Waals surface area (Å²) >= 11 is 5.80. The minimum atomic E-state index is -1.24. The number of benzene rings is 1. The molecule has 1 aromatic rings. The number of halogens is 1. The van der Waals surface area contributed by atoms with E-state index in [4.69, 9.17) is 11.6 Å². The first kappa shape index (κ1) is 17.3. The Balaban J connectivity index is 2.55. The zero-order chi connectivity index (χ0) is 16.0. The molecule has 0 atom stereocenters. The first-order chi connectivity index (χ1) is 9.78. The first-order valence-corrected chi connectivity index (χ1v) is 7.20. The normalized spacial score (nSPS) is 11.0. The van der Waals surface area contributed by atoms with Crippen molar-refractivity contribution < 1.29 is 14.7 Å². The third-order valence-electron chi connectivity index (χ3n) is 3.36. The van der Waals surface area contributed by atoms with Gasteiger partial charge in [0.15, 0.2) is 0 Å². The van der Waals surface area contributed by atoms with E-state index in [0.717, 1.165) is 5.56 Å². The molecule has 0 aliphatic heterocycles. The van der Waals surface area contributed by atoms with Gasteiger partial charge in [0.05, 0.1) is 0 Å². The summed E-state index contributed by atoms with van der Waals surface area (Å²) in [6.45, 7) is 5.54. The van der Waals surface area contributed by atoms with Crippen LogP contribution in [-0.4, -0.2) is 40.6 Å². The monoisotopic (exact) mass is 312 g/mol. The largest absolute Gasteiger partial charge is 0.480 e. The summed E-state index contributed by atoms with van der Waals surface area (Å²) in [5.74, 6) is -1.03. The van der Waals surface area contributed by atoms with E-state index < -0.39 is 11.5 Å². The fourth-order valence-electron chi connectivity index (χ4n) is 1.97.